The molecular weight excluding hydrogens is 250 g/mol. The van der Waals surface area contributed by atoms with Crippen molar-refractivity contribution >= 4 is 11.8 Å². The summed E-state index contributed by atoms with van der Waals surface area (Å²) < 4.78 is 0. The number of likely N-dealkylation sites (tertiary alicyclic amines) is 1. The monoisotopic (exact) mass is 281 g/mol. The third-order valence-corrected chi connectivity index (χ3v) is 4.40. The first-order valence-electron chi connectivity index (χ1n) is 7.84. The van der Waals surface area contributed by atoms with Crippen LogP contribution in [0.25, 0.3) is 0 Å². The molecule has 0 radical (unpaired) electrons. The average Bonchev–Trinajstić information content (AvgIpc) is 2.38. The summed E-state index contributed by atoms with van der Waals surface area (Å²) >= 11 is 0. The van der Waals surface area contributed by atoms with Crippen LogP contribution in [0.15, 0.2) is 0 Å². The normalized spacial score (nSPS) is 25.9. The maximum Gasteiger partial charge on any atom is 0.233 e. The molecule has 0 saturated carbocycles. The van der Waals surface area contributed by atoms with Crippen LogP contribution in [0, 0.1) is 22.7 Å². The topological polar surface area (TPSA) is 37.4 Å². The van der Waals surface area contributed by atoms with Crippen LogP contribution in [0.5, 0.6) is 0 Å². The minimum Gasteiger partial charge on any atom is -0.282 e. The van der Waals surface area contributed by atoms with E-state index in [1.54, 1.807) is 0 Å². The fourth-order valence-corrected chi connectivity index (χ4v) is 3.41. The lowest BCUT2D eigenvalue weighted by atomic mass is 9.63. The summed E-state index contributed by atoms with van der Waals surface area (Å²) in [4.78, 5) is 26.7. The molecule has 0 N–H and O–H groups in total. The van der Waals surface area contributed by atoms with Gasteiger partial charge in [0.15, 0.2) is 0 Å². The van der Waals surface area contributed by atoms with Crippen molar-refractivity contribution in [1.29, 1.82) is 0 Å². The molecule has 1 aliphatic heterocycles. The molecule has 1 rings (SSSR count). The van der Waals surface area contributed by atoms with Crippen molar-refractivity contribution in [1.82, 2.24) is 4.90 Å². The summed E-state index contributed by atoms with van der Waals surface area (Å²) in [7, 11) is 0. The van der Waals surface area contributed by atoms with Gasteiger partial charge in [-0.25, -0.2) is 0 Å². The Hall–Kier alpha value is -0.860. The first kappa shape index (κ1) is 17.2. The van der Waals surface area contributed by atoms with Crippen molar-refractivity contribution in [2.45, 2.75) is 67.7 Å². The van der Waals surface area contributed by atoms with Gasteiger partial charge in [-0.05, 0) is 29.6 Å². The maximum atomic E-state index is 13.0. The number of hydrogen-bond acceptors (Lipinski definition) is 2. The van der Waals surface area contributed by atoms with Gasteiger partial charge in [-0.2, -0.15) is 0 Å². The Morgan fingerprint density at radius 2 is 1.60 bits per heavy atom. The molecule has 2 amide bonds. The fraction of sp³-hybridized carbons (Fsp3) is 0.882. The van der Waals surface area contributed by atoms with E-state index in [1.165, 1.54) is 4.90 Å². The van der Waals surface area contributed by atoms with Gasteiger partial charge < -0.3 is 0 Å². The minimum atomic E-state index is -0.119. The summed E-state index contributed by atoms with van der Waals surface area (Å²) in [6.45, 7) is 15.5. The van der Waals surface area contributed by atoms with E-state index in [4.69, 9.17) is 0 Å². The molecule has 1 saturated heterocycles. The second-order valence-corrected chi connectivity index (χ2v) is 8.24. The van der Waals surface area contributed by atoms with Gasteiger partial charge in [0.25, 0.3) is 0 Å². The van der Waals surface area contributed by atoms with Crippen molar-refractivity contribution in [2.24, 2.45) is 22.7 Å². The molecule has 1 aliphatic rings. The van der Waals surface area contributed by atoms with E-state index < -0.39 is 0 Å². The molecule has 0 bridgehead atoms. The number of amides is 2. The van der Waals surface area contributed by atoms with E-state index in [1.807, 2.05) is 6.92 Å². The highest BCUT2D eigenvalue weighted by Gasteiger charge is 2.47. The lowest BCUT2D eigenvalue weighted by Crippen LogP contribution is -2.47. The van der Waals surface area contributed by atoms with Gasteiger partial charge in [-0.1, -0.05) is 48.5 Å². The molecule has 0 aliphatic carbocycles. The van der Waals surface area contributed by atoms with Gasteiger partial charge >= 0.3 is 0 Å². The summed E-state index contributed by atoms with van der Waals surface area (Å²) in [5.74, 6) is 0.223. The molecule has 20 heavy (non-hydrogen) atoms. The van der Waals surface area contributed by atoms with Crippen molar-refractivity contribution in [2.75, 3.05) is 6.54 Å². The van der Waals surface area contributed by atoms with Crippen molar-refractivity contribution in [3.05, 3.63) is 0 Å². The Kier molecular flexibility index (Phi) is 5.04. The van der Waals surface area contributed by atoms with E-state index in [0.717, 1.165) is 12.8 Å². The second-order valence-electron chi connectivity index (χ2n) is 8.24. The molecule has 0 aromatic carbocycles. The van der Waals surface area contributed by atoms with Crippen LogP contribution in [0.2, 0.25) is 0 Å². The van der Waals surface area contributed by atoms with E-state index in [0.29, 0.717) is 13.0 Å². The molecule has 2 unspecified atom stereocenters. The third-order valence-electron chi connectivity index (χ3n) is 4.40. The minimum absolute atomic E-state index is 0.0119. The number of nitrogens with zero attached hydrogens (tertiary/aromatic N) is 1. The second kappa shape index (κ2) is 5.87. The van der Waals surface area contributed by atoms with Gasteiger partial charge in [0, 0.05) is 18.9 Å². The predicted octanol–water partition coefficient (Wildman–Crippen LogP) is 3.87. The highest BCUT2D eigenvalue weighted by molar-refractivity contribution is 5.97. The number of hydrogen-bond donors (Lipinski definition) is 0. The highest BCUT2D eigenvalue weighted by atomic mass is 16.2. The average molecular weight is 281 g/mol. The molecule has 0 aromatic heterocycles. The lowest BCUT2D eigenvalue weighted by molar-refractivity contribution is -0.150. The van der Waals surface area contributed by atoms with Gasteiger partial charge in [-0.15, -0.1) is 0 Å². The lowest BCUT2D eigenvalue weighted by Gasteiger charge is -2.42. The Morgan fingerprint density at radius 3 is 2.00 bits per heavy atom. The van der Waals surface area contributed by atoms with Crippen LogP contribution in [-0.4, -0.2) is 23.3 Å². The molecule has 3 nitrogen and oxygen atoms in total. The van der Waals surface area contributed by atoms with Gasteiger partial charge in [0.05, 0.1) is 0 Å². The zero-order valence-electron chi connectivity index (χ0n) is 14.2. The summed E-state index contributed by atoms with van der Waals surface area (Å²) in [6, 6.07) is 0. The molecule has 116 valence electrons. The van der Waals surface area contributed by atoms with E-state index in [2.05, 4.69) is 41.5 Å². The van der Waals surface area contributed by atoms with E-state index in [-0.39, 0.29) is 34.5 Å². The highest BCUT2D eigenvalue weighted by Crippen LogP contribution is 2.46. The van der Waals surface area contributed by atoms with Crippen LogP contribution < -0.4 is 0 Å². The van der Waals surface area contributed by atoms with Crippen LogP contribution in [0.1, 0.15) is 67.7 Å². The summed E-state index contributed by atoms with van der Waals surface area (Å²) in [5.41, 5.74) is -0.0816. The van der Waals surface area contributed by atoms with Crippen molar-refractivity contribution in [3.63, 3.8) is 0 Å². The van der Waals surface area contributed by atoms with Crippen LogP contribution in [-0.2, 0) is 9.59 Å². The molecular formula is C17H31NO2. The molecule has 0 aromatic rings. The van der Waals surface area contributed by atoms with Gasteiger partial charge in [0.2, 0.25) is 11.8 Å². The van der Waals surface area contributed by atoms with Crippen molar-refractivity contribution in [3.8, 4) is 0 Å². The van der Waals surface area contributed by atoms with Gasteiger partial charge in [0.1, 0.15) is 0 Å². The first-order valence-corrected chi connectivity index (χ1v) is 7.84. The number of carbonyl (C=O) groups is 2. The Labute approximate surface area is 124 Å². The van der Waals surface area contributed by atoms with Crippen LogP contribution in [0.4, 0.5) is 0 Å². The quantitative estimate of drug-likeness (QED) is 0.721. The Balaban J connectivity index is 3.24. The van der Waals surface area contributed by atoms with E-state index in [9.17, 15) is 9.59 Å². The van der Waals surface area contributed by atoms with Crippen molar-refractivity contribution < 1.29 is 9.59 Å². The standard InChI is InChI=1S/C17H31NO2/c1-8-11-18-13(19)10-9-12(16(2,3)4)14(15(18)20)17(5,6)7/h12,14H,8-11H2,1-7H3. The molecule has 1 fully saturated rings. The third kappa shape index (κ3) is 3.62. The largest absolute Gasteiger partial charge is 0.282 e. The predicted molar refractivity (Wildman–Crippen MR) is 82.1 cm³/mol. The fourth-order valence-electron chi connectivity index (χ4n) is 3.41. The Morgan fingerprint density at radius 1 is 1.05 bits per heavy atom. The molecule has 2 atom stereocenters. The van der Waals surface area contributed by atoms with Crippen LogP contribution >= 0.6 is 0 Å². The van der Waals surface area contributed by atoms with Crippen LogP contribution in [0.3, 0.4) is 0 Å². The maximum absolute atomic E-state index is 13.0. The zero-order valence-corrected chi connectivity index (χ0v) is 14.2. The Bertz CT molecular complexity index is 373. The zero-order chi connectivity index (χ0) is 15.7. The van der Waals surface area contributed by atoms with Gasteiger partial charge in [-0.3, -0.25) is 14.5 Å². The number of rotatable bonds is 2. The molecule has 0 spiro atoms. The first-order chi connectivity index (χ1) is 9.00. The smallest absolute Gasteiger partial charge is 0.233 e. The van der Waals surface area contributed by atoms with E-state index >= 15 is 0 Å². The SMILES string of the molecule is CCCN1C(=O)CCC(C(C)(C)C)C(C(C)(C)C)C1=O. The summed E-state index contributed by atoms with van der Waals surface area (Å²) in [5, 5.41) is 0. The number of imide groups is 1. The molecule has 1 heterocycles. The number of carbonyl (C=O) groups excluding carboxylic acids is 2. The molecule has 3 heteroatoms. The summed E-state index contributed by atoms with van der Waals surface area (Å²) in [6.07, 6.45) is 2.14.